The van der Waals surface area contributed by atoms with Gasteiger partial charge in [0.25, 0.3) is 0 Å². The van der Waals surface area contributed by atoms with Crippen LogP contribution >= 0.6 is 0 Å². The van der Waals surface area contributed by atoms with Gasteiger partial charge in [-0.3, -0.25) is 4.90 Å². The molecule has 0 saturated carbocycles. The standard InChI is InChI=1S/C10H18F3N/c1-8(2)6-9-4-3-5-14(9)7-10(11,12)13/h8-9H,3-7H2,1-2H3/t9-/m1/s1. The van der Waals surface area contributed by atoms with Gasteiger partial charge in [0.2, 0.25) is 0 Å². The van der Waals surface area contributed by atoms with Crippen molar-refractivity contribution in [2.75, 3.05) is 13.1 Å². The Hall–Kier alpha value is -0.250. The molecule has 0 spiro atoms. The van der Waals surface area contributed by atoms with E-state index in [1.807, 2.05) is 0 Å². The highest BCUT2D eigenvalue weighted by atomic mass is 19.4. The Labute approximate surface area is 83.3 Å². The molecule has 1 fully saturated rings. The van der Waals surface area contributed by atoms with Crippen molar-refractivity contribution in [3.05, 3.63) is 0 Å². The van der Waals surface area contributed by atoms with Crippen molar-refractivity contribution < 1.29 is 13.2 Å². The fourth-order valence-electron chi connectivity index (χ4n) is 2.14. The third-order valence-electron chi connectivity index (χ3n) is 2.62. The van der Waals surface area contributed by atoms with Crippen LogP contribution in [-0.2, 0) is 0 Å². The van der Waals surface area contributed by atoms with Crippen molar-refractivity contribution in [3.8, 4) is 0 Å². The number of rotatable bonds is 3. The Bertz CT molecular complexity index is 177. The Morgan fingerprint density at radius 2 is 2.00 bits per heavy atom. The van der Waals surface area contributed by atoms with Gasteiger partial charge in [0.05, 0.1) is 6.54 Å². The largest absolute Gasteiger partial charge is 0.401 e. The van der Waals surface area contributed by atoms with Crippen molar-refractivity contribution in [2.45, 2.75) is 45.3 Å². The molecule has 0 amide bonds. The maximum Gasteiger partial charge on any atom is 0.401 e. The highest BCUT2D eigenvalue weighted by Crippen LogP contribution is 2.27. The smallest absolute Gasteiger partial charge is 0.292 e. The summed E-state index contributed by atoms with van der Waals surface area (Å²) < 4.78 is 36.5. The van der Waals surface area contributed by atoms with Gasteiger partial charge >= 0.3 is 6.18 Å². The summed E-state index contributed by atoms with van der Waals surface area (Å²) in [6.45, 7) is 4.00. The van der Waals surface area contributed by atoms with E-state index < -0.39 is 12.7 Å². The highest BCUT2D eigenvalue weighted by Gasteiger charge is 2.35. The van der Waals surface area contributed by atoms with E-state index in [4.69, 9.17) is 0 Å². The number of nitrogens with zero attached hydrogens (tertiary/aromatic N) is 1. The lowest BCUT2D eigenvalue weighted by Gasteiger charge is -2.26. The third kappa shape index (κ3) is 3.86. The maximum absolute atomic E-state index is 12.2. The minimum Gasteiger partial charge on any atom is -0.292 e. The Morgan fingerprint density at radius 1 is 1.36 bits per heavy atom. The summed E-state index contributed by atoms with van der Waals surface area (Å²) in [5, 5.41) is 0. The molecular formula is C10H18F3N. The van der Waals surface area contributed by atoms with Crippen molar-refractivity contribution in [2.24, 2.45) is 5.92 Å². The molecule has 0 aromatic heterocycles. The van der Waals surface area contributed by atoms with Gasteiger partial charge in [-0.15, -0.1) is 0 Å². The summed E-state index contributed by atoms with van der Waals surface area (Å²) in [6.07, 6.45) is -1.32. The molecule has 0 unspecified atom stereocenters. The van der Waals surface area contributed by atoms with Gasteiger partial charge in [-0.25, -0.2) is 0 Å². The molecule has 1 aliphatic rings. The Morgan fingerprint density at radius 3 is 2.50 bits per heavy atom. The first kappa shape index (κ1) is 11.8. The van der Waals surface area contributed by atoms with E-state index in [9.17, 15) is 13.2 Å². The zero-order chi connectivity index (χ0) is 10.8. The second-order valence-corrected chi connectivity index (χ2v) is 4.51. The van der Waals surface area contributed by atoms with Crippen LogP contribution in [0.2, 0.25) is 0 Å². The van der Waals surface area contributed by atoms with Gasteiger partial charge in [0, 0.05) is 6.04 Å². The molecular weight excluding hydrogens is 191 g/mol. The first-order valence-corrected chi connectivity index (χ1v) is 5.19. The zero-order valence-corrected chi connectivity index (χ0v) is 8.77. The van der Waals surface area contributed by atoms with E-state index in [-0.39, 0.29) is 6.04 Å². The van der Waals surface area contributed by atoms with Crippen LogP contribution < -0.4 is 0 Å². The molecule has 0 aromatic carbocycles. The van der Waals surface area contributed by atoms with E-state index in [0.29, 0.717) is 12.5 Å². The molecule has 4 heteroatoms. The first-order valence-electron chi connectivity index (χ1n) is 5.19. The average molecular weight is 209 g/mol. The van der Waals surface area contributed by atoms with Gasteiger partial charge in [0.1, 0.15) is 0 Å². The number of likely N-dealkylation sites (tertiary alicyclic amines) is 1. The molecule has 14 heavy (non-hydrogen) atoms. The van der Waals surface area contributed by atoms with Crippen molar-refractivity contribution in [1.29, 1.82) is 0 Å². The average Bonchev–Trinajstić information content (AvgIpc) is 2.32. The lowest BCUT2D eigenvalue weighted by Crippen LogP contribution is -2.38. The van der Waals surface area contributed by atoms with Gasteiger partial charge in [0.15, 0.2) is 0 Å². The van der Waals surface area contributed by atoms with Crippen molar-refractivity contribution in [3.63, 3.8) is 0 Å². The number of halogens is 3. The topological polar surface area (TPSA) is 3.24 Å². The summed E-state index contributed by atoms with van der Waals surface area (Å²) in [5.41, 5.74) is 0. The molecule has 84 valence electrons. The molecule has 0 radical (unpaired) electrons. The second-order valence-electron chi connectivity index (χ2n) is 4.51. The number of hydrogen-bond donors (Lipinski definition) is 0. The third-order valence-corrected chi connectivity index (χ3v) is 2.62. The quantitative estimate of drug-likeness (QED) is 0.690. The zero-order valence-electron chi connectivity index (χ0n) is 8.77. The summed E-state index contributed by atoms with van der Waals surface area (Å²) in [6, 6.07) is 0.150. The van der Waals surface area contributed by atoms with Crippen LogP contribution in [0.4, 0.5) is 13.2 Å². The lowest BCUT2D eigenvalue weighted by molar-refractivity contribution is -0.148. The van der Waals surface area contributed by atoms with E-state index in [0.717, 1.165) is 19.3 Å². The van der Waals surface area contributed by atoms with Gasteiger partial charge in [-0.1, -0.05) is 13.8 Å². The van der Waals surface area contributed by atoms with E-state index in [2.05, 4.69) is 13.8 Å². The van der Waals surface area contributed by atoms with Gasteiger partial charge in [-0.2, -0.15) is 13.2 Å². The van der Waals surface area contributed by atoms with Crippen LogP contribution in [0.15, 0.2) is 0 Å². The van der Waals surface area contributed by atoms with Crippen LogP contribution in [0, 0.1) is 5.92 Å². The molecule has 1 aliphatic heterocycles. The molecule has 1 heterocycles. The minimum absolute atomic E-state index is 0.150. The number of hydrogen-bond acceptors (Lipinski definition) is 1. The van der Waals surface area contributed by atoms with Crippen LogP contribution in [0.5, 0.6) is 0 Å². The molecule has 0 aromatic rings. The molecule has 1 nitrogen and oxygen atoms in total. The summed E-state index contributed by atoms with van der Waals surface area (Å²) in [4.78, 5) is 1.58. The molecule has 0 N–H and O–H groups in total. The second kappa shape index (κ2) is 4.51. The fraction of sp³-hybridized carbons (Fsp3) is 1.00. The van der Waals surface area contributed by atoms with E-state index in [1.165, 1.54) is 0 Å². The van der Waals surface area contributed by atoms with Crippen LogP contribution in [0.25, 0.3) is 0 Å². The first-order chi connectivity index (χ1) is 6.38. The Kier molecular flexibility index (Phi) is 3.81. The van der Waals surface area contributed by atoms with Crippen LogP contribution in [-0.4, -0.2) is 30.2 Å². The SMILES string of the molecule is CC(C)C[C@H]1CCCN1CC(F)(F)F. The lowest BCUT2D eigenvalue weighted by atomic mass is 10.0. The predicted octanol–water partition coefficient (Wildman–Crippen LogP) is 3.06. The van der Waals surface area contributed by atoms with Crippen LogP contribution in [0.1, 0.15) is 33.1 Å². The summed E-state index contributed by atoms with van der Waals surface area (Å²) in [5.74, 6) is 0.480. The Balaban J connectivity index is 2.43. The highest BCUT2D eigenvalue weighted by molar-refractivity contribution is 4.81. The maximum atomic E-state index is 12.2. The molecule has 1 atom stereocenters. The molecule has 0 aliphatic carbocycles. The number of alkyl halides is 3. The van der Waals surface area contributed by atoms with Gasteiger partial charge in [-0.05, 0) is 31.7 Å². The van der Waals surface area contributed by atoms with Gasteiger partial charge < -0.3 is 0 Å². The van der Waals surface area contributed by atoms with E-state index in [1.54, 1.807) is 4.90 Å². The van der Waals surface area contributed by atoms with Crippen molar-refractivity contribution >= 4 is 0 Å². The van der Waals surface area contributed by atoms with Crippen LogP contribution in [0.3, 0.4) is 0 Å². The van der Waals surface area contributed by atoms with E-state index >= 15 is 0 Å². The molecule has 1 rings (SSSR count). The molecule has 1 saturated heterocycles. The summed E-state index contributed by atoms with van der Waals surface area (Å²) in [7, 11) is 0. The molecule has 0 bridgehead atoms. The fourth-order valence-corrected chi connectivity index (χ4v) is 2.14. The monoisotopic (exact) mass is 209 g/mol. The predicted molar refractivity (Wildman–Crippen MR) is 50.1 cm³/mol. The minimum atomic E-state index is -4.04. The van der Waals surface area contributed by atoms with Crippen molar-refractivity contribution in [1.82, 2.24) is 4.90 Å². The summed E-state index contributed by atoms with van der Waals surface area (Å²) >= 11 is 0. The normalized spacial score (nSPS) is 24.9.